The van der Waals surface area contributed by atoms with E-state index in [-0.39, 0.29) is 12.4 Å². The van der Waals surface area contributed by atoms with Crippen LogP contribution in [0.3, 0.4) is 0 Å². The van der Waals surface area contributed by atoms with Crippen molar-refractivity contribution >= 4 is 39.1 Å². The summed E-state index contributed by atoms with van der Waals surface area (Å²) < 4.78 is 26.4. The summed E-state index contributed by atoms with van der Waals surface area (Å²) in [4.78, 5) is 0. The molecule has 0 radical (unpaired) electrons. The first-order valence-electron chi connectivity index (χ1n) is 9.94. The van der Waals surface area contributed by atoms with E-state index in [0.717, 1.165) is 15.6 Å². The van der Waals surface area contributed by atoms with Crippen LogP contribution in [0.1, 0.15) is 23.6 Å². The second-order valence-electron chi connectivity index (χ2n) is 6.83. The van der Waals surface area contributed by atoms with Crippen LogP contribution in [0.2, 0.25) is 10.0 Å². The molecule has 0 saturated carbocycles. The molecule has 0 fully saturated rings. The van der Waals surface area contributed by atoms with E-state index in [2.05, 4.69) is 21.2 Å². The van der Waals surface area contributed by atoms with Gasteiger partial charge in [0.25, 0.3) is 0 Å². The molecule has 0 saturated heterocycles. The first kappa shape index (κ1) is 23.9. The average Bonchev–Trinajstić information content (AvgIpc) is 2.74. The molecule has 0 amide bonds. The van der Waals surface area contributed by atoms with Crippen LogP contribution in [0.4, 0.5) is 4.39 Å². The van der Waals surface area contributed by atoms with Crippen molar-refractivity contribution in [2.24, 2.45) is 0 Å². The number of rotatable bonds is 10. The Labute approximate surface area is 200 Å². The van der Waals surface area contributed by atoms with Crippen LogP contribution >= 0.6 is 39.1 Å². The minimum absolute atomic E-state index is 0.177. The molecule has 0 heterocycles. The Balaban J connectivity index is 1.66. The van der Waals surface area contributed by atoms with Gasteiger partial charge in [-0.3, -0.25) is 0 Å². The van der Waals surface area contributed by atoms with E-state index in [9.17, 15) is 4.39 Å². The van der Waals surface area contributed by atoms with Crippen molar-refractivity contribution in [3.63, 3.8) is 0 Å². The fourth-order valence-electron chi connectivity index (χ4n) is 3.06. The fourth-order valence-corrected chi connectivity index (χ4v) is 4.03. The predicted octanol–water partition coefficient (Wildman–Crippen LogP) is 7.21. The quantitative estimate of drug-likeness (QED) is 0.283. The highest BCUT2D eigenvalue weighted by atomic mass is 79.9. The number of ether oxygens (including phenoxy) is 2. The van der Waals surface area contributed by atoms with Crippen LogP contribution in [0, 0.1) is 5.82 Å². The zero-order valence-electron chi connectivity index (χ0n) is 17.1. The first-order chi connectivity index (χ1) is 15.0. The van der Waals surface area contributed by atoms with Gasteiger partial charge in [-0.2, -0.15) is 0 Å². The third-order valence-corrected chi connectivity index (χ3v) is 6.14. The number of hydrogen-bond donors (Lipinski definition) is 1. The molecule has 0 atom stereocenters. The molecule has 1 N–H and O–H groups in total. The highest BCUT2D eigenvalue weighted by Gasteiger charge is 2.13. The van der Waals surface area contributed by atoms with Crippen molar-refractivity contribution in [1.29, 1.82) is 0 Å². The molecule has 0 aliphatic rings. The van der Waals surface area contributed by atoms with Crippen LogP contribution in [-0.4, -0.2) is 13.2 Å². The third kappa shape index (κ3) is 6.59. The Morgan fingerprint density at radius 1 is 0.935 bits per heavy atom. The standard InChI is InChI=1S/C24H23BrCl2FNO2/c1-2-30-23-12-17(14-29-11-10-16-6-3-4-9-22(16)28)19(25)13-24(23)31-15-18-20(26)7-5-8-21(18)27/h3-9,12-13,29H,2,10-11,14-15H2,1H3. The largest absolute Gasteiger partial charge is 0.490 e. The van der Waals surface area contributed by atoms with Crippen molar-refractivity contribution < 1.29 is 13.9 Å². The Kier molecular flexibility index (Phi) is 9.02. The number of halogens is 4. The van der Waals surface area contributed by atoms with Gasteiger partial charge in [-0.25, -0.2) is 4.39 Å². The van der Waals surface area contributed by atoms with Crippen molar-refractivity contribution in [3.8, 4) is 11.5 Å². The molecule has 0 aliphatic carbocycles. The normalized spacial score (nSPS) is 10.9. The van der Waals surface area contributed by atoms with Gasteiger partial charge in [0.2, 0.25) is 0 Å². The third-order valence-electron chi connectivity index (χ3n) is 4.69. The van der Waals surface area contributed by atoms with Crippen LogP contribution in [0.15, 0.2) is 59.1 Å². The summed E-state index contributed by atoms with van der Waals surface area (Å²) in [7, 11) is 0. The van der Waals surface area contributed by atoms with Crippen molar-refractivity contribution in [2.75, 3.05) is 13.2 Å². The maximum atomic E-state index is 13.7. The molecular formula is C24H23BrCl2FNO2. The molecule has 3 aromatic rings. The lowest BCUT2D eigenvalue weighted by atomic mass is 10.1. The van der Waals surface area contributed by atoms with Crippen molar-refractivity contribution in [1.82, 2.24) is 5.32 Å². The van der Waals surface area contributed by atoms with Gasteiger partial charge in [0.1, 0.15) is 12.4 Å². The summed E-state index contributed by atoms with van der Waals surface area (Å²) in [6, 6.07) is 16.0. The zero-order chi connectivity index (χ0) is 22.2. The summed E-state index contributed by atoms with van der Waals surface area (Å²) in [5.74, 6) is 1.06. The predicted molar refractivity (Wildman–Crippen MR) is 128 cm³/mol. The van der Waals surface area contributed by atoms with Gasteiger partial charge < -0.3 is 14.8 Å². The van der Waals surface area contributed by atoms with E-state index >= 15 is 0 Å². The topological polar surface area (TPSA) is 30.5 Å². The number of hydrogen-bond acceptors (Lipinski definition) is 3. The lowest BCUT2D eigenvalue weighted by Crippen LogP contribution is -2.17. The van der Waals surface area contributed by atoms with Crippen LogP contribution in [-0.2, 0) is 19.6 Å². The smallest absolute Gasteiger partial charge is 0.162 e. The highest BCUT2D eigenvalue weighted by molar-refractivity contribution is 9.10. The van der Waals surface area contributed by atoms with E-state index in [0.29, 0.717) is 53.2 Å². The summed E-state index contributed by atoms with van der Waals surface area (Å²) in [6.45, 7) is 3.91. The minimum atomic E-state index is -0.177. The summed E-state index contributed by atoms with van der Waals surface area (Å²) in [5, 5.41) is 4.46. The fraction of sp³-hybridized carbons (Fsp3) is 0.250. The van der Waals surface area contributed by atoms with Crippen LogP contribution < -0.4 is 14.8 Å². The van der Waals surface area contributed by atoms with Crippen LogP contribution in [0.5, 0.6) is 11.5 Å². The maximum absolute atomic E-state index is 13.7. The molecule has 31 heavy (non-hydrogen) atoms. The summed E-state index contributed by atoms with van der Waals surface area (Å²) >= 11 is 16.1. The Hall–Kier alpha value is -1.79. The molecule has 0 aliphatic heterocycles. The molecule has 3 nitrogen and oxygen atoms in total. The van der Waals surface area contributed by atoms with Gasteiger partial charge in [-0.1, -0.05) is 63.4 Å². The molecule has 3 aromatic carbocycles. The van der Waals surface area contributed by atoms with E-state index < -0.39 is 0 Å². The Morgan fingerprint density at radius 3 is 2.35 bits per heavy atom. The number of benzene rings is 3. The van der Waals surface area contributed by atoms with Gasteiger partial charge in [0.05, 0.1) is 6.61 Å². The average molecular weight is 527 g/mol. The van der Waals surface area contributed by atoms with Gasteiger partial charge in [-0.05, 0) is 61.3 Å². The molecule has 3 rings (SSSR count). The van der Waals surface area contributed by atoms with Gasteiger partial charge in [0.15, 0.2) is 11.5 Å². The molecule has 164 valence electrons. The lowest BCUT2D eigenvalue weighted by molar-refractivity contribution is 0.269. The van der Waals surface area contributed by atoms with E-state index in [1.54, 1.807) is 30.3 Å². The molecular weight excluding hydrogens is 504 g/mol. The summed E-state index contributed by atoms with van der Waals surface area (Å²) in [5.41, 5.74) is 2.44. The molecule has 0 spiro atoms. The van der Waals surface area contributed by atoms with E-state index in [4.69, 9.17) is 32.7 Å². The van der Waals surface area contributed by atoms with E-state index in [1.807, 2.05) is 25.1 Å². The molecule has 0 aromatic heterocycles. The minimum Gasteiger partial charge on any atom is -0.490 e. The van der Waals surface area contributed by atoms with Gasteiger partial charge in [0, 0.05) is 26.6 Å². The molecule has 7 heteroatoms. The Bertz CT molecular complexity index is 1010. The number of nitrogens with one attached hydrogen (secondary N) is 1. The Morgan fingerprint density at radius 2 is 1.65 bits per heavy atom. The monoisotopic (exact) mass is 525 g/mol. The summed E-state index contributed by atoms with van der Waals surface area (Å²) in [6.07, 6.45) is 0.613. The first-order valence-corrected chi connectivity index (χ1v) is 11.5. The second-order valence-corrected chi connectivity index (χ2v) is 8.50. The van der Waals surface area contributed by atoms with Crippen molar-refractivity contribution in [2.45, 2.75) is 26.5 Å². The van der Waals surface area contributed by atoms with Crippen LogP contribution in [0.25, 0.3) is 0 Å². The van der Waals surface area contributed by atoms with E-state index in [1.165, 1.54) is 6.07 Å². The SMILES string of the molecule is CCOc1cc(CNCCc2ccccc2F)c(Br)cc1OCc1c(Cl)cccc1Cl. The van der Waals surface area contributed by atoms with Gasteiger partial charge >= 0.3 is 0 Å². The highest BCUT2D eigenvalue weighted by Crippen LogP contribution is 2.35. The maximum Gasteiger partial charge on any atom is 0.162 e. The van der Waals surface area contributed by atoms with Crippen molar-refractivity contribution in [3.05, 3.63) is 91.6 Å². The molecule has 0 unspecified atom stereocenters. The lowest BCUT2D eigenvalue weighted by Gasteiger charge is -2.16. The van der Waals surface area contributed by atoms with Gasteiger partial charge in [-0.15, -0.1) is 0 Å². The second kappa shape index (κ2) is 11.7. The zero-order valence-corrected chi connectivity index (χ0v) is 20.2. The molecule has 0 bridgehead atoms.